The maximum Gasteiger partial charge on any atom is 0.254 e. The van der Waals surface area contributed by atoms with E-state index in [1.165, 1.54) is 29.0 Å². The Hall–Kier alpha value is -2.60. The lowest BCUT2D eigenvalue weighted by Crippen LogP contribution is -2.27. The fourth-order valence-corrected chi connectivity index (χ4v) is 3.72. The van der Waals surface area contributed by atoms with Crippen LogP contribution < -0.4 is 5.32 Å². The topological polar surface area (TPSA) is 42.0 Å². The first kappa shape index (κ1) is 18.2. The number of thiazole rings is 1. The van der Waals surface area contributed by atoms with E-state index in [0.717, 1.165) is 27.2 Å². The van der Waals surface area contributed by atoms with Crippen molar-refractivity contribution in [2.75, 3.05) is 0 Å². The van der Waals surface area contributed by atoms with Gasteiger partial charge in [-0.3, -0.25) is 4.79 Å². The van der Waals surface area contributed by atoms with Crippen molar-refractivity contribution in [1.82, 2.24) is 10.3 Å². The second-order valence-corrected chi connectivity index (χ2v) is 7.16. The minimum atomic E-state index is -1.14. The second kappa shape index (κ2) is 7.33. The van der Waals surface area contributed by atoms with Gasteiger partial charge in [0.25, 0.3) is 5.91 Å². The Morgan fingerprint density at radius 2 is 1.81 bits per heavy atom. The maximum absolute atomic E-state index is 13.8. The maximum atomic E-state index is 13.8. The van der Waals surface area contributed by atoms with E-state index in [2.05, 4.69) is 10.3 Å². The quantitative estimate of drug-likeness (QED) is 0.684. The third-order valence-corrected chi connectivity index (χ3v) is 5.46. The van der Waals surface area contributed by atoms with Crippen LogP contribution in [0.15, 0.2) is 42.5 Å². The SMILES string of the molecule is Cc1ccc(-c2nc(C)c(C(C)NC(=O)c3cccc(F)c3F)s2)cc1. The minimum Gasteiger partial charge on any atom is -0.345 e. The van der Waals surface area contributed by atoms with Gasteiger partial charge < -0.3 is 5.32 Å². The number of carbonyl (C=O) groups is 1. The minimum absolute atomic E-state index is 0.308. The molecule has 1 amide bonds. The summed E-state index contributed by atoms with van der Waals surface area (Å²) < 4.78 is 27.1. The van der Waals surface area contributed by atoms with Crippen LogP contribution in [0.4, 0.5) is 8.78 Å². The number of aromatic nitrogens is 1. The summed E-state index contributed by atoms with van der Waals surface area (Å²) in [5.74, 6) is -2.83. The van der Waals surface area contributed by atoms with Gasteiger partial charge in [0, 0.05) is 5.56 Å². The van der Waals surface area contributed by atoms with Crippen molar-refractivity contribution in [3.63, 3.8) is 0 Å². The lowest BCUT2D eigenvalue weighted by molar-refractivity contribution is 0.0935. The van der Waals surface area contributed by atoms with Gasteiger partial charge in [0.15, 0.2) is 11.6 Å². The molecule has 0 spiro atoms. The van der Waals surface area contributed by atoms with Crippen molar-refractivity contribution in [2.24, 2.45) is 0 Å². The monoisotopic (exact) mass is 372 g/mol. The summed E-state index contributed by atoms with van der Waals surface area (Å²) >= 11 is 1.48. The highest BCUT2D eigenvalue weighted by Crippen LogP contribution is 2.32. The molecule has 1 atom stereocenters. The molecule has 0 radical (unpaired) electrons. The summed E-state index contributed by atoms with van der Waals surface area (Å²) in [6.07, 6.45) is 0. The molecule has 0 saturated heterocycles. The molecule has 0 fully saturated rings. The van der Waals surface area contributed by atoms with Crippen molar-refractivity contribution < 1.29 is 13.6 Å². The molecule has 6 heteroatoms. The zero-order valence-corrected chi connectivity index (χ0v) is 15.5. The average Bonchev–Trinajstić information content (AvgIpc) is 2.99. The first-order valence-corrected chi connectivity index (χ1v) is 8.97. The molecule has 3 nitrogen and oxygen atoms in total. The number of carbonyl (C=O) groups excluding carboxylic acids is 1. The van der Waals surface area contributed by atoms with Crippen LogP contribution in [-0.2, 0) is 0 Å². The molecule has 1 heterocycles. The molecule has 0 saturated carbocycles. The Kier molecular flexibility index (Phi) is 5.13. The van der Waals surface area contributed by atoms with Crippen molar-refractivity contribution in [1.29, 1.82) is 0 Å². The number of aryl methyl sites for hydroxylation is 2. The molecule has 3 aromatic rings. The Labute approximate surface area is 154 Å². The first-order valence-electron chi connectivity index (χ1n) is 8.16. The largest absolute Gasteiger partial charge is 0.345 e. The summed E-state index contributed by atoms with van der Waals surface area (Å²) in [6, 6.07) is 11.2. The molecule has 0 aliphatic heterocycles. The Morgan fingerprint density at radius 3 is 2.50 bits per heavy atom. The van der Waals surface area contributed by atoms with Crippen LogP contribution in [0.3, 0.4) is 0 Å². The summed E-state index contributed by atoms with van der Waals surface area (Å²) in [4.78, 5) is 17.8. The lowest BCUT2D eigenvalue weighted by atomic mass is 10.1. The van der Waals surface area contributed by atoms with E-state index < -0.39 is 17.5 Å². The number of amides is 1. The number of halogens is 2. The van der Waals surface area contributed by atoms with Crippen LogP contribution in [-0.4, -0.2) is 10.9 Å². The Balaban J connectivity index is 1.82. The van der Waals surface area contributed by atoms with E-state index in [9.17, 15) is 13.6 Å². The number of rotatable bonds is 4. The molecule has 1 N–H and O–H groups in total. The van der Waals surface area contributed by atoms with Crippen LogP contribution in [0.2, 0.25) is 0 Å². The van der Waals surface area contributed by atoms with Gasteiger partial charge in [-0.2, -0.15) is 0 Å². The van der Waals surface area contributed by atoms with Gasteiger partial charge in [0.05, 0.1) is 22.2 Å². The summed E-state index contributed by atoms with van der Waals surface area (Å²) in [7, 11) is 0. The van der Waals surface area contributed by atoms with Crippen molar-refractivity contribution >= 4 is 17.2 Å². The molecule has 1 unspecified atom stereocenters. The summed E-state index contributed by atoms with van der Waals surface area (Å²) in [5, 5.41) is 3.58. The zero-order valence-electron chi connectivity index (χ0n) is 14.6. The summed E-state index contributed by atoms with van der Waals surface area (Å²) in [6.45, 7) is 5.69. The standard InChI is InChI=1S/C20H18F2N2OS/c1-11-7-9-14(10-8-11)20-24-13(3)18(26-20)12(2)23-19(25)15-5-4-6-16(21)17(15)22/h4-10,12H,1-3H3,(H,23,25). The third-order valence-electron chi connectivity index (χ3n) is 4.07. The van der Waals surface area contributed by atoms with Gasteiger partial charge in [0.1, 0.15) is 5.01 Å². The predicted octanol–water partition coefficient (Wildman–Crippen LogP) is 5.20. The van der Waals surface area contributed by atoms with Gasteiger partial charge >= 0.3 is 0 Å². The van der Waals surface area contributed by atoms with Gasteiger partial charge in [-0.05, 0) is 32.9 Å². The van der Waals surface area contributed by atoms with Gasteiger partial charge in [-0.15, -0.1) is 11.3 Å². The van der Waals surface area contributed by atoms with E-state index in [-0.39, 0.29) is 11.6 Å². The molecule has 134 valence electrons. The van der Waals surface area contributed by atoms with Crippen molar-refractivity contribution in [3.8, 4) is 10.6 Å². The molecule has 0 aliphatic carbocycles. The van der Waals surface area contributed by atoms with Crippen LogP contribution >= 0.6 is 11.3 Å². The van der Waals surface area contributed by atoms with Crippen LogP contribution in [0.5, 0.6) is 0 Å². The highest BCUT2D eigenvalue weighted by molar-refractivity contribution is 7.15. The van der Waals surface area contributed by atoms with Crippen molar-refractivity contribution in [2.45, 2.75) is 26.8 Å². The molecular formula is C20H18F2N2OS. The lowest BCUT2D eigenvalue weighted by Gasteiger charge is -2.13. The number of nitrogens with zero attached hydrogens (tertiary/aromatic N) is 1. The molecule has 1 aromatic heterocycles. The Bertz CT molecular complexity index is 951. The van der Waals surface area contributed by atoms with E-state index in [4.69, 9.17) is 0 Å². The normalized spacial score (nSPS) is 12.0. The predicted molar refractivity (Wildman–Crippen MR) is 99.3 cm³/mol. The molecule has 0 aliphatic rings. The molecule has 3 rings (SSSR count). The van der Waals surface area contributed by atoms with Crippen LogP contribution in [0, 0.1) is 25.5 Å². The van der Waals surface area contributed by atoms with Crippen LogP contribution in [0.25, 0.3) is 10.6 Å². The molecule has 26 heavy (non-hydrogen) atoms. The number of hydrogen-bond donors (Lipinski definition) is 1. The number of hydrogen-bond acceptors (Lipinski definition) is 3. The van der Waals surface area contributed by atoms with E-state index >= 15 is 0 Å². The molecule has 2 aromatic carbocycles. The van der Waals surface area contributed by atoms with Gasteiger partial charge in [-0.1, -0.05) is 35.9 Å². The van der Waals surface area contributed by atoms with Crippen molar-refractivity contribution in [3.05, 3.63) is 75.8 Å². The fraction of sp³-hybridized carbons (Fsp3) is 0.200. The highest BCUT2D eigenvalue weighted by Gasteiger charge is 2.20. The fourth-order valence-electron chi connectivity index (χ4n) is 2.65. The second-order valence-electron chi connectivity index (χ2n) is 6.13. The summed E-state index contributed by atoms with van der Waals surface area (Å²) in [5.41, 5.74) is 2.67. The van der Waals surface area contributed by atoms with Gasteiger partial charge in [0.2, 0.25) is 0 Å². The molecular weight excluding hydrogens is 354 g/mol. The number of benzene rings is 2. The van der Waals surface area contributed by atoms with Crippen LogP contribution in [0.1, 0.15) is 39.5 Å². The smallest absolute Gasteiger partial charge is 0.254 e. The highest BCUT2D eigenvalue weighted by atomic mass is 32.1. The Morgan fingerprint density at radius 1 is 1.12 bits per heavy atom. The molecule has 0 bridgehead atoms. The van der Waals surface area contributed by atoms with E-state index in [0.29, 0.717) is 0 Å². The number of nitrogens with one attached hydrogen (secondary N) is 1. The third kappa shape index (κ3) is 3.65. The van der Waals surface area contributed by atoms with E-state index in [1.807, 2.05) is 38.1 Å². The zero-order chi connectivity index (χ0) is 18.8. The van der Waals surface area contributed by atoms with E-state index in [1.54, 1.807) is 6.92 Å². The average molecular weight is 372 g/mol. The first-order chi connectivity index (χ1) is 12.4. The van der Waals surface area contributed by atoms with Gasteiger partial charge in [-0.25, -0.2) is 13.8 Å².